The minimum atomic E-state index is -0.102. The molecule has 0 saturated heterocycles. The van der Waals surface area contributed by atoms with E-state index in [0.29, 0.717) is 79.2 Å². The molecule has 0 atom stereocenters. The van der Waals surface area contributed by atoms with Gasteiger partial charge in [-0.25, -0.2) is 0 Å². The predicted molar refractivity (Wildman–Crippen MR) is 109 cm³/mol. The van der Waals surface area contributed by atoms with Crippen LogP contribution in [0.2, 0.25) is 0 Å². The highest BCUT2D eigenvalue weighted by atomic mass is 16.6. The minimum Gasteiger partial charge on any atom is -0.491 e. The second-order valence-corrected chi connectivity index (χ2v) is 5.90. The number of nitrogens with two attached hydrogens (primary N) is 1. The quantitative estimate of drug-likeness (QED) is 0.324. The van der Waals surface area contributed by atoms with Crippen molar-refractivity contribution >= 4 is 11.6 Å². The molecule has 0 saturated carbocycles. The molecule has 1 rings (SSSR count). The maximum Gasteiger partial charge on any atom is 0.221 e. The molecule has 0 aliphatic heterocycles. The molecule has 0 radical (unpaired) electrons. The molecule has 3 N–H and O–H groups in total. The van der Waals surface area contributed by atoms with Crippen molar-refractivity contribution in [2.24, 2.45) is 5.73 Å². The van der Waals surface area contributed by atoms with Crippen molar-refractivity contribution in [2.75, 3.05) is 84.5 Å². The monoisotopic (exact) mass is 414 g/mol. The number of hydrogen-bond acceptors (Lipinski definition) is 8. The van der Waals surface area contributed by atoms with Crippen LogP contribution in [0.1, 0.15) is 6.92 Å². The number of benzene rings is 1. The Morgan fingerprint density at radius 1 is 0.724 bits per heavy atom. The lowest BCUT2D eigenvalue weighted by Gasteiger charge is -2.09. The molecule has 1 amide bonds. The first-order valence-corrected chi connectivity index (χ1v) is 9.81. The smallest absolute Gasteiger partial charge is 0.221 e. The zero-order valence-electron chi connectivity index (χ0n) is 17.2. The maximum absolute atomic E-state index is 11.0. The lowest BCUT2D eigenvalue weighted by atomic mass is 10.3. The summed E-state index contributed by atoms with van der Waals surface area (Å²) in [7, 11) is 0. The minimum absolute atomic E-state index is 0.102. The molecule has 29 heavy (non-hydrogen) atoms. The Balaban J connectivity index is 1.80. The van der Waals surface area contributed by atoms with Crippen molar-refractivity contribution in [3.8, 4) is 5.75 Å². The van der Waals surface area contributed by atoms with Gasteiger partial charge in [0.25, 0.3) is 0 Å². The van der Waals surface area contributed by atoms with Crippen LogP contribution in [-0.2, 0) is 28.5 Å². The Hall–Kier alpha value is -1.75. The maximum atomic E-state index is 11.0. The van der Waals surface area contributed by atoms with Gasteiger partial charge in [0, 0.05) is 19.2 Å². The molecule has 0 aliphatic rings. The summed E-state index contributed by atoms with van der Waals surface area (Å²) >= 11 is 0. The fraction of sp³-hybridized carbons (Fsp3) is 0.650. The first kappa shape index (κ1) is 25.3. The highest BCUT2D eigenvalue weighted by molar-refractivity contribution is 5.88. The molecule has 0 bridgehead atoms. The van der Waals surface area contributed by atoms with E-state index < -0.39 is 0 Å². The van der Waals surface area contributed by atoms with Crippen molar-refractivity contribution in [1.82, 2.24) is 0 Å². The van der Waals surface area contributed by atoms with Gasteiger partial charge in [0.05, 0.1) is 66.1 Å². The number of hydrogen-bond donors (Lipinski definition) is 2. The van der Waals surface area contributed by atoms with Crippen LogP contribution in [0.25, 0.3) is 0 Å². The van der Waals surface area contributed by atoms with Crippen LogP contribution >= 0.6 is 0 Å². The third-order valence-electron chi connectivity index (χ3n) is 3.42. The van der Waals surface area contributed by atoms with Crippen LogP contribution in [-0.4, -0.2) is 85.1 Å². The molecule has 0 unspecified atom stereocenters. The average molecular weight is 414 g/mol. The number of anilines is 1. The van der Waals surface area contributed by atoms with Crippen LogP contribution in [0.15, 0.2) is 24.3 Å². The van der Waals surface area contributed by atoms with Crippen LogP contribution in [0.3, 0.4) is 0 Å². The Morgan fingerprint density at radius 2 is 1.14 bits per heavy atom. The number of nitrogens with one attached hydrogen (secondary N) is 1. The van der Waals surface area contributed by atoms with Gasteiger partial charge in [-0.15, -0.1) is 0 Å². The summed E-state index contributed by atoms with van der Waals surface area (Å²) in [6.07, 6.45) is 0. The lowest BCUT2D eigenvalue weighted by Crippen LogP contribution is -2.15. The van der Waals surface area contributed by atoms with Crippen LogP contribution in [0.4, 0.5) is 5.69 Å². The molecular formula is C20H34N2O7. The normalized spacial score (nSPS) is 10.8. The number of amides is 1. The summed E-state index contributed by atoms with van der Waals surface area (Å²) in [5.74, 6) is 0.623. The number of carbonyl (C=O) groups is 1. The molecule has 1 aromatic rings. The number of carbonyl (C=O) groups excluding carboxylic acids is 1. The first-order valence-electron chi connectivity index (χ1n) is 9.81. The summed E-state index contributed by atoms with van der Waals surface area (Å²) in [5.41, 5.74) is 6.04. The SMILES string of the molecule is CC(=O)Nc1ccc(OCCOCCOCCOCCOCCOCCN)cc1. The third kappa shape index (κ3) is 15.8. The van der Waals surface area contributed by atoms with Gasteiger partial charge >= 0.3 is 0 Å². The molecule has 1 aromatic carbocycles. The van der Waals surface area contributed by atoms with E-state index in [1.54, 1.807) is 24.3 Å². The summed E-state index contributed by atoms with van der Waals surface area (Å²) in [6, 6.07) is 7.18. The van der Waals surface area contributed by atoms with E-state index in [-0.39, 0.29) is 5.91 Å². The van der Waals surface area contributed by atoms with Crippen molar-refractivity contribution in [2.45, 2.75) is 6.92 Å². The van der Waals surface area contributed by atoms with Crippen molar-refractivity contribution < 1.29 is 33.2 Å². The molecule has 166 valence electrons. The number of rotatable bonds is 19. The highest BCUT2D eigenvalue weighted by Gasteiger charge is 1.98. The summed E-state index contributed by atoms with van der Waals surface area (Å²) in [5, 5.41) is 2.70. The number of ether oxygens (including phenoxy) is 6. The van der Waals surface area contributed by atoms with E-state index >= 15 is 0 Å². The Bertz CT molecular complexity index is 514. The first-order chi connectivity index (χ1) is 14.2. The topological polar surface area (TPSA) is 111 Å². The van der Waals surface area contributed by atoms with Gasteiger partial charge in [-0.1, -0.05) is 0 Å². The Kier molecular flexibility index (Phi) is 15.9. The average Bonchev–Trinajstić information content (AvgIpc) is 2.71. The van der Waals surface area contributed by atoms with E-state index in [9.17, 15) is 4.79 Å². The zero-order chi connectivity index (χ0) is 21.0. The second-order valence-electron chi connectivity index (χ2n) is 5.90. The van der Waals surface area contributed by atoms with Crippen molar-refractivity contribution in [3.05, 3.63) is 24.3 Å². The lowest BCUT2D eigenvalue weighted by molar-refractivity contribution is -0.114. The summed E-state index contributed by atoms with van der Waals surface area (Å²) in [6.45, 7) is 7.66. The Morgan fingerprint density at radius 3 is 1.55 bits per heavy atom. The Labute approximate surface area is 172 Å². The van der Waals surface area contributed by atoms with E-state index in [1.807, 2.05) is 0 Å². The largest absolute Gasteiger partial charge is 0.491 e. The van der Waals surface area contributed by atoms with Crippen molar-refractivity contribution in [1.29, 1.82) is 0 Å². The zero-order valence-corrected chi connectivity index (χ0v) is 17.2. The summed E-state index contributed by atoms with van der Waals surface area (Å²) in [4.78, 5) is 11.0. The fourth-order valence-electron chi connectivity index (χ4n) is 2.12. The molecule has 0 aliphatic carbocycles. The molecule has 0 fully saturated rings. The molecule has 9 nitrogen and oxygen atoms in total. The predicted octanol–water partition coefficient (Wildman–Crippen LogP) is 1.07. The fourth-order valence-corrected chi connectivity index (χ4v) is 2.12. The van der Waals surface area contributed by atoms with Crippen LogP contribution in [0, 0.1) is 0 Å². The molecule has 0 heterocycles. The second kappa shape index (κ2) is 18.3. The standard InChI is InChI=1S/C20H34N2O7/c1-18(23)22-19-2-4-20(5-3-19)29-17-16-28-15-14-27-13-12-26-11-10-25-9-8-24-7-6-21/h2-5H,6-17,21H2,1H3,(H,22,23). The third-order valence-corrected chi connectivity index (χ3v) is 3.42. The van der Waals surface area contributed by atoms with E-state index in [0.717, 1.165) is 11.4 Å². The molecule has 0 aromatic heterocycles. The molecule has 0 spiro atoms. The molecular weight excluding hydrogens is 380 g/mol. The van der Waals surface area contributed by atoms with E-state index in [2.05, 4.69) is 5.32 Å². The van der Waals surface area contributed by atoms with Gasteiger partial charge in [-0.2, -0.15) is 0 Å². The highest BCUT2D eigenvalue weighted by Crippen LogP contribution is 2.15. The molecule has 9 heteroatoms. The van der Waals surface area contributed by atoms with Gasteiger partial charge in [0.1, 0.15) is 12.4 Å². The van der Waals surface area contributed by atoms with Gasteiger partial charge in [0.15, 0.2) is 0 Å². The van der Waals surface area contributed by atoms with Crippen LogP contribution in [0.5, 0.6) is 5.75 Å². The van der Waals surface area contributed by atoms with Gasteiger partial charge < -0.3 is 39.5 Å². The van der Waals surface area contributed by atoms with Gasteiger partial charge in [-0.05, 0) is 24.3 Å². The van der Waals surface area contributed by atoms with E-state index in [1.165, 1.54) is 6.92 Å². The summed E-state index contributed by atoms with van der Waals surface area (Å²) < 4.78 is 32.3. The van der Waals surface area contributed by atoms with Gasteiger partial charge in [0.2, 0.25) is 5.91 Å². The van der Waals surface area contributed by atoms with E-state index in [4.69, 9.17) is 34.2 Å². The van der Waals surface area contributed by atoms with Crippen molar-refractivity contribution in [3.63, 3.8) is 0 Å². The van der Waals surface area contributed by atoms with Crippen LogP contribution < -0.4 is 15.8 Å². The van der Waals surface area contributed by atoms with Gasteiger partial charge in [-0.3, -0.25) is 4.79 Å².